The van der Waals surface area contributed by atoms with E-state index < -0.39 is 5.97 Å². The molecule has 4 heteroatoms. The van der Waals surface area contributed by atoms with E-state index in [2.05, 4.69) is 6.07 Å². The Bertz CT molecular complexity index is 662. The van der Waals surface area contributed by atoms with Gasteiger partial charge in [0.2, 0.25) is 0 Å². The lowest BCUT2D eigenvalue weighted by atomic mass is 10.1. The minimum absolute atomic E-state index is 0.292. The minimum Gasteiger partial charge on any atom is -0.478 e. The number of carboxylic acids is 1. The smallest absolute Gasteiger partial charge is 0.331 e. The van der Waals surface area contributed by atoms with Crippen molar-refractivity contribution in [2.24, 2.45) is 0 Å². The number of carboxylic acid groups (broad SMARTS) is 1. The van der Waals surface area contributed by atoms with Crippen LogP contribution >= 0.6 is 11.3 Å². The molecule has 3 nitrogen and oxygen atoms in total. The van der Waals surface area contributed by atoms with E-state index in [4.69, 9.17) is 10.4 Å². The van der Waals surface area contributed by atoms with Crippen molar-refractivity contribution in [3.8, 4) is 6.07 Å². The van der Waals surface area contributed by atoms with Gasteiger partial charge in [0.25, 0.3) is 0 Å². The summed E-state index contributed by atoms with van der Waals surface area (Å²) in [5, 5.41) is 18.6. The summed E-state index contributed by atoms with van der Waals surface area (Å²) in [5.74, 6) is -0.923. The number of benzene rings is 1. The van der Waals surface area contributed by atoms with Crippen LogP contribution in [0.15, 0.2) is 29.8 Å². The Balaban J connectivity index is 2.48. The molecule has 0 aliphatic heterocycles. The number of nitrogens with zero attached hydrogens (tertiary/aromatic N) is 1. The molecule has 0 aliphatic carbocycles. The number of fused-ring (bicyclic) bond motifs is 1. The van der Waals surface area contributed by atoms with E-state index in [1.165, 1.54) is 11.3 Å². The first kappa shape index (κ1) is 11.4. The first-order valence-electron chi connectivity index (χ1n) is 4.95. The second-order valence-electron chi connectivity index (χ2n) is 3.65. The van der Waals surface area contributed by atoms with Crippen molar-refractivity contribution >= 4 is 33.5 Å². The molecule has 0 amide bonds. The maximum Gasteiger partial charge on any atom is 0.331 e. The van der Waals surface area contributed by atoms with Crippen LogP contribution in [0.3, 0.4) is 0 Å². The zero-order chi connectivity index (χ0) is 12.4. The van der Waals surface area contributed by atoms with E-state index in [0.29, 0.717) is 10.5 Å². The number of carbonyl (C=O) groups is 1. The summed E-state index contributed by atoms with van der Waals surface area (Å²) in [7, 11) is 0. The number of aliphatic carboxylic acids is 1. The predicted molar refractivity (Wildman–Crippen MR) is 67.8 cm³/mol. The highest BCUT2D eigenvalue weighted by molar-refractivity contribution is 7.19. The van der Waals surface area contributed by atoms with Gasteiger partial charge in [0, 0.05) is 10.3 Å². The first-order chi connectivity index (χ1) is 8.10. The molecular weight excluding hydrogens is 234 g/mol. The van der Waals surface area contributed by atoms with Gasteiger partial charge in [0.15, 0.2) is 0 Å². The second kappa shape index (κ2) is 4.40. The molecule has 84 valence electrons. The van der Waals surface area contributed by atoms with Crippen LogP contribution in [0.5, 0.6) is 0 Å². The van der Waals surface area contributed by atoms with Crippen LogP contribution in [0.25, 0.3) is 16.2 Å². The molecule has 0 saturated carbocycles. The molecule has 0 aliphatic rings. The highest BCUT2D eigenvalue weighted by Gasteiger charge is 2.03. The number of nitriles is 1. The lowest BCUT2D eigenvalue weighted by molar-refractivity contribution is -0.132. The molecule has 17 heavy (non-hydrogen) atoms. The standard InChI is InChI=1S/C13H9NO2S/c1-8(13(15)16)4-9-2-3-12-10(5-9)6-11(7-14)17-12/h2-6H,1H3,(H,15,16). The Morgan fingerprint density at radius 2 is 2.24 bits per heavy atom. The van der Waals surface area contributed by atoms with Crippen molar-refractivity contribution in [3.63, 3.8) is 0 Å². The Morgan fingerprint density at radius 3 is 2.88 bits per heavy atom. The average molecular weight is 243 g/mol. The molecule has 0 radical (unpaired) electrons. The third-order valence-electron chi connectivity index (χ3n) is 2.37. The molecule has 0 fully saturated rings. The van der Waals surface area contributed by atoms with Crippen molar-refractivity contribution < 1.29 is 9.90 Å². The molecule has 1 heterocycles. The fourth-order valence-electron chi connectivity index (χ4n) is 1.52. The van der Waals surface area contributed by atoms with Crippen LogP contribution in [0.4, 0.5) is 0 Å². The molecule has 1 aromatic heterocycles. The van der Waals surface area contributed by atoms with Gasteiger partial charge in [0.05, 0.1) is 0 Å². The summed E-state index contributed by atoms with van der Waals surface area (Å²) < 4.78 is 1.03. The summed E-state index contributed by atoms with van der Waals surface area (Å²) in [4.78, 5) is 11.4. The Kier molecular flexibility index (Phi) is 2.94. The lowest BCUT2D eigenvalue weighted by Gasteiger charge is -1.96. The molecule has 0 atom stereocenters. The van der Waals surface area contributed by atoms with E-state index in [9.17, 15) is 4.79 Å². The third-order valence-corrected chi connectivity index (χ3v) is 3.39. The van der Waals surface area contributed by atoms with Crippen LogP contribution in [-0.2, 0) is 4.79 Å². The number of thiophene rings is 1. The summed E-state index contributed by atoms with van der Waals surface area (Å²) in [6.07, 6.45) is 1.62. The zero-order valence-electron chi connectivity index (χ0n) is 9.10. The van der Waals surface area contributed by atoms with E-state index >= 15 is 0 Å². The Hall–Kier alpha value is -2.12. The van der Waals surface area contributed by atoms with E-state index in [-0.39, 0.29) is 0 Å². The van der Waals surface area contributed by atoms with Crippen LogP contribution in [-0.4, -0.2) is 11.1 Å². The number of hydrogen-bond donors (Lipinski definition) is 1. The minimum atomic E-state index is -0.923. The van der Waals surface area contributed by atoms with Crippen molar-refractivity contribution in [2.75, 3.05) is 0 Å². The molecule has 2 rings (SSSR count). The molecule has 1 N–H and O–H groups in total. The maximum atomic E-state index is 10.7. The third kappa shape index (κ3) is 2.35. The predicted octanol–water partition coefficient (Wildman–Crippen LogP) is 3.26. The van der Waals surface area contributed by atoms with Gasteiger partial charge >= 0.3 is 5.97 Å². The molecular formula is C13H9NO2S. The largest absolute Gasteiger partial charge is 0.478 e. The van der Waals surface area contributed by atoms with Crippen LogP contribution in [0.2, 0.25) is 0 Å². The van der Waals surface area contributed by atoms with Gasteiger partial charge in [-0.05, 0) is 42.1 Å². The fourth-order valence-corrected chi connectivity index (χ4v) is 2.36. The van der Waals surface area contributed by atoms with Gasteiger partial charge in [-0.15, -0.1) is 11.3 Å². The summed E-state index contributed by atoms with van der Waals surface area (Å²) in [5.41, 5.74) is 1.12. The summed E-state index contributed by atoms with van der Waals surface area (Å²) >= 11 is 1.43. The highest BCUT2D eigenvalue weighted by atomic mass is 32.1. The highest BCUT2D eigenvalue weighted by Crippen LogP contribution is 2.26. The van der Waals surface area contributed by atoms with Crippen molar-refractivity contribution in [3.05, 3.63) is 40.3 Å². The summed E-state index contributed by atoms with van der Waals surface area (Å²) in [6.45, 7) is 1.56. The van der Waals surface area contributed by atoms with Crippen molar-refractivity contribution in [1.82, 2.24) is 0 Å². The van der Waals surface area contributed by atoms with E-state index in [0.717, 1.165) is 15.6 Å². The molecule has 0 bridgehead atoms. The van der Waals surface area contributed by atoms with Crippen molar-refractivity contribution in [1.29, 1.82) is 5.26 Å². The van der Waals surface area contributed by atoms with Gasteiger partial charge in [-0.3, -0.25) is 0 Å². The molecule has 2 aromatic rings. The Labute approximate surface area is 102 Å². The maximum absolute atomic E-state index is 10.7. The van der Waals surface area contributed by atoms with Crippen LogP contribution < -0.4 is 0 Å². The van der Waals surface area contributed by atoms with E-state index in [1.54, 1.807) is 13.0 Å². The molecule has 0 spiro atoms. The lowest BCUT2D eigenvalue weighted by Crippen LogP contribution is -1.95. The first-order valence-corrected chi connectivity index (χ1v) is 5.77. The second-order valence-corrected chi connectivity index (χ2v) is 4.74. The average Bonchev–Trinajstić information content (AvgIpc) is 2.70. The van der Waals surface area contributed by atoms with E-state index in [1.807, 2.05) is 24.3 Å². The quantitative estimate of drug-likeness (QED) is 0.823. The molecule has 0 unspecified atom stereocenters. The van der Waals surface area contributed by atoms with Gasteiger partial charge in [-0.25, -0.2) is 4.79 Å². The van der Waals surface area contributed by atoms with Crippen molar-refractivity contribution in [2.45, 2.75) is 6.92 Å². The number of hydrogen-bond acceptors (Lipinski definition) is 3. The van der Waals surface area contributed by atoms with Gasteiger partial charge in [0.1, 0.15) is 10.9 Å². The molecule has 0 saturated heterocycles. The fraction of sp³-hybridized carbons (Fsp3) is 0.0769. The van der Waals surface area contributed by atoms with Gasteiger partial charge < -0.3 is 5.11 Å². The van der Waals surface area contributed by atoms with Gasteiger partial charge in [-0.1, -0.05) is 6.07 Å². The van der Waals surface area contributed by atoms with Gasteiger partial charge in [-0.2, -0.15) is 5.26 Å². The molecule has 1 aromatic carbocycles. The SMILES string of the molecule is CC(=Cc1ccc2sc(C#N)cc2c1)C(=O)O. The zero-order valence-corrected chi connectivity index (χ0v) is 9.91. The van der Waals surface area contributed by atoms with Crippen LogP contribution in [0.1, 0.15) is 17.4 Å². The number of rotatable bonds is 2. The monoisotopic (exact) mass is 243 g/mol. The normalized spacial score (nSPS) is 11.4. The van der Waals surface area contributed by atoms with Crippen LogP contribution in [0, 0.1) is 11.3 Å². The summed E-state index contributed by atoms with van der Waals surface area (Å²) in [6, 6.07) is 9.56. The topological polar surface area (TPSA) is 61.1 Å². The Morgan fingerprint density at radius 1 is 1.47 bits per heavy atom.